The van der Waals surface area contributed by atoms with Gasteiger partial charge in [0.15, 0.2) is 0 Å². The second kappa shape index (κ2) is 5.26. The van der Waals surface area contributed by atoms with E-state index in [1.54, 1.807) is 24.3 Å². The van der Waals surface area contributed by atoms with Crippen LogP contribution in [0.4, 0.5) is 0 Å². The Labute approximate surface area is 99.2 Å². The summed E-state index contributed by atoms with van der Waals surface area (Å²) < 4.78 is 32.9. The minimum absolute atomic E-state index is 0.0723. The number of rotatable bonds is 5. The first-order valence-electron chi connectivity index (χ1n) is 4.79. The van der Waals surface area contributed by atoms with Crippen molar-refractivity contribution in [3.8, 4) is 0 Å². The molecule has 0 amide bonds. The van der Waals surface area contributed by atoms with Crippen LogP contribution in [0.3, 0.4) is 0 Å². The largest absolute Gasteiger partial charge is 0.480 e. The fourth-order valence-electron chi connectivity index (χ4n) is 1.31. The van der Waals surface area contributed by atoms with Gasteiger partial charge in [-0.05, 0) is 18.9 Å². The lowest BCUT2D eigenvalue weighted by Gasteiger charge is -2.11. The van der Waals surface area contributed by atoms with E-state index in [1.807, 2.05) is 6.92 Å². The van der Waals surface area contributed by atoms with Gasteiger partial charge >= 0.3 is 16.3 Å². The van der Waals surface area contributed by atoms with Crippen LogP contribution in [0.15, 0.2) is 24.3 Å². The van der Waals surface area contributed by atoms with E-state index < -0.39 is 22.3 Å². The Bertz CT molecular complexity index is 494. The van der Waals surface area contributed by atoms with Crippen molar-refractivity contribution < 1.29 is 22.9 Å². The monoisotopic (exact) mass is 258 g/mol. The first-order chi connectivity index (χ1) is 7.78. The molecule has 2 N–H and O–H groups in total. The van der Waals surface area contributed by atoms with Crippen molar-refractivity contribution >= 4 is 16.3 Å². The average Bonchev–Trinajstić information content (AvgIpc) is 2.18. The smallest absolute Gasteiger partial charge is 0.364 e. The van der Waals surface area contributed by atoms with Crippen LogP contribution < -0.4 is 4.72 Å². The molecule has 1 radical (unpaired) electrons. The third kappa shape index (κ3) is 4.94. The molecular formula is C10H12NO5S. The summed E-state index contributed by atoms with van der Waals surface area (Å²) in [5.74, 6) is -1.38. The van der Waals surface area contributed by atoms with E-state index >= 15 is 0 Å². The molecule has 0 aliphatic heterocycles. The maximum Gasteiger partial charge on any atom is 0.364 e. The summed E-state index contributed by atoms with van der Waals surface area (Å²) in [6.07, 6.45) is -0.0723. The molecule has 0 saturated heterocycles. The highest BCUT2D eigenvalue weighted by atomic mass is 32.2. The first kappa shape index (κ1) is 13.6. The SMILES string of the molecule is Cc1ccc(C[C@H](NS([O])(=O)=O)C(=O)O)cc1. The topological polar surface area (TPSA) is 103 Å². The number of benzene rings is 1. The second-order valence-electron chi connectivity index (χ2n) is 3.65. The predicted molar refractivity (Wildman–Crippen MR) is 59.0 cm³/mol. The molecule has 6 nitrogen and oxygen atoms in total. The van der Waals surface area contributed by atoms with Crippen LogP contribution in [0.1, 0.15) is 11.1 Å². The lowest BCUT2D eigenvalue weighted by molar-refractivity contribution is -0.139. The normalized spacial score (nSPS) is 13.3. The minimum atomic E-state index is -4.78. The third-order valence-electron chi connectivity index (χ3n) is 2.15. The highest BCUT2D eigenvalue weighted by Gasteiger charge is 2.23. The molecule has 0 fully saturated rings. The molecule has 0 heterocycles. The van der Waals surface area contributed by atoms with Crippen LogP contribution in [0.25, 0.3) is 0 Å². The van der Waals surface area contributed by atoms with E-state index in [4.69, 9.17) is 5.11 Å². The van der Waals surface area contributed by atoms with Gasteiger partial charge in [-0.1, -0.05) is 34.4 Å². The maximum absolute atomic E-state index is 10.8. The zero-order valence-electron chi connectivity index (χ0n) is 9.08. The molecule has 93 valence electrons. The van der Waals surface area contributed by atoms with Gasteiger partial charge in [0.1, 0.15) is 6.04 Å². The lowest BCUT2D eigenvalue weighted by atomic mass is 10.1. The summed E-state index contributed by atoms with van der Waals surface area (Å²) in [5, 5.41) is 8.79. The number of aryl methyl sites for hydroxylation is 1. The molecule has 0 aliphatic rings. The number of hydrogen-bond donors (Lipinski definition) is 2. The van der Waals surface area contributed by atoms with Gasteiger partial charge in [0.2, 0.25) is 0 Å². The van der Waals surface area contributed by atoms with E-state index in [2.05, 4.69) is 0 Å². The quantitative estimate of drug-likeness (QED) is 0.790. The van der Waals surface area contributed by atoms with Crippen molar-refractivity contribution in [2.45, 2.75) is 19.4 Å². The van der Waals surface area contributed by atoms with Crippen LogP contribution in [0, 0.1) is 6.92 Å². The Balaban J connectivity index is 2.80. The fraction of sp³-hybridized carbons (Fsp3) is 0.300. The lowest BCUT2D eigenvalue weighted by Crippen LogP contribution is -2.41. The van der Waals surface area contributed by atoms with Crippen molar-refractivity contribution in [2.75, 3.05) is 0 Å². The molecule has 0 aliphatic carbocycles. The van der Waals surface area contributed by atoms with Gasteiger partial charge < -0.3 is 5.11 Å². The number of carboxylic acids is 1. The van der Waals surface area contributed by atoms with E-state index in [1.165, 1.54) is 4.72 Å². The molecular weight excluding hydrogens is 246 g/mol. The highest BCUT2D eigenvalue weighted by Crippen LogP contribution is 2.07. The van der Waals surface area contributed by atoms with Gasteiger partial charge in [-0.25, -0.2) is 0 Å². The molecule has 1 rings (SSSR count). The maximum atomic E-state index is 10.8. The fourth-order valence-corrected chi connectivity index (χ4v) is 1.85. The molecule has 0 saturated carbocycles. The van der Waals surface area contributed by atoms with Crippen molar-refractivity contribution in [3.05, 3.63) is 35.4 Å². The van der Waals surface area contributed by atoms with Crippen molar-refractivity contribution in [3.63, 3.8) is 0 Å². The molecule has 1 aromatic rings. The van der Waals surface area contributed by atoms with Crippen LogP contribution in [0.5, 0.6) is 0 Å². The average molecular weight is 258 g/mol. The van der Waals surface area contributed by atoms with Gasteiger partial charge in [0, 0.05) is 0 Å². The molecule has 1 aromatic carbocycles. The Hall–Kier alpha value is -1.44. The Kier molecular flexibility index (Phi) is 4.22. The first-order valence-corrected chi connectivity index (χ1v) is 6.20. The van der Waals surface area contributed by atoms with Crippen molar-refractivity contribution in [1.82, 2.24) is 4.72 Å². The molecule has 0 spiro atoms. The van der Waals surface area contributed by atoms with Crippen LogP contribution in [-0.4, -0.2) is 25.5 Å². The van der Waals surface area contributed by atoms with Crippen LogP contribution >= 0.6 is 0 Å². The van der Waals surface area contributed by atoms with E-state index in [0.29, 0.717) is 5.56 Å². The molecule has 7 heteroatoms. The van der Waals surface area contributed by atoms with Crippen molar-refractivity contribution in [1.29, 1.82) is 0 Å². The third-order valence-corrected chi connectivity index (χ3v) is 2.72. The molecule has 0 unspecified atom stereocenters. The standard InChI is InChI=1S/C10H12NO5S/c1-7-2-4-8(5-3-7)6-9(10(12)13)11-17(14,15)16/h2-5,9,11H,6H2,1H3,(H,12,13)/t9-/m0/s1. The van der Waals surface area contributed by atoms with Gasteiger partial charge in [0.05, 0.1) is 0 Å². The van der Waals surface area contributed by atoms with Gasteiger partial charge in [-0.15, -0.1) is 0 Å². The van der Waals surface area contributed by atoms with E-state index in [9.17, 15) is 17.8 Å². The number of aliphatic carboxylic acids is 1. The van der Waals surface area contributed by atoms with Crippen LogP contribution in [-0.2, 0) is 26.1 Å². The summed E-state index contributed by atoms with van der Waals surface area (Å²) in [7, 11) is -4.78. The van der Waals surface area contributed by atoms with Crippen molar-refractivity contribution in [2.24, 2.45) is 0 Å². The van der Waals surface area contributed by atoms with E-state index in [0.717, 1.165) is 5.56 Å². The summed E-state index contributed by atoms with van der Waals surface area (Å²) in [6.45, 7) is 1.87. The summed E-state index contributed by atoms with van der Waals surface area (Å²) in [5.41, 5.74) is 1.64. The number of nitrogens with one attached hydrogen (secondary N) is 1. The molecule has 0 aromatic heterocycles. The van der Waals surface area contributed by atoms with Gasteiger partial charge in [0.25, 0.3) is 0 Å². The zero-order chi connectivity index (χ0) is 13.1. The molecule has 0 bridgehead atoms. The van der Waals surface area contributed by atoms with Gasteiger partial charge in [-0.2, -0.15) is 13.1 Å². The van der Waals surface area contributed by atoms with Gasteiger partial charge in [-0.3, -0.25) is 4.79 Å². The number of carboxylic acid groups (broad SMARTS) is 1. The number of hydrogen-bond acceptors (Lipinski definition) is 3. The zero-order valence-corrected chi connectivity index (χ0v) is 9.90. The second-order valence-corrected chi connectivity index (χ2v) is 4.80. The Morgan fingerprint density at radius 3 is 2.29 bits per heavy atom. The summed E-state index contributed by atoms with van der Waals surface area (Å²) in [6, 6.07) is 5.48. The Morgan fingerprint density at radius 1 is 1.35 bits per heavy atom. The Morgan fingerprint density at radius 2 is 1.88 bits per heavy atom. The van der Waals surface area contributed by atoms with Crippen LogP contribution in [0.2, 0.25) is 0 Å². The minimum Gasteiger partial charge on any atom is -0.480 e. The van der Waals surface area contributed by atoms with E-state index in [-0.39, 0.29) is 6.42 Å². The predicted octanol–water partition coefficient (Wildman–Crippen LogP) is 0.256. The molecule has 1 atom stereocenters. The molecule has 17 heavy (non-hydrogen) atoms. The summed E-state index contributed by atoms with van der Waals surface area (Å²) in [4.78, 5) is 10.8. The number of carbonyl (C=O) groups is 1. The summed E-state index contributed by atoms with van der Waals surface area (Å²) >= 11 is 0. The highest BCUT2D eigenvalue weighted by molar-refractivity contribution is 7.83.